The fraction of sp³-hybridized carbons (Fsp3) is 0. The number of hydrogen-bond donors (Lipinski definition) is 0. The molecular weight excluding hydrogens is 673 g/mol. The number of benzene rings is 7. The molecule has 5 heteroatoms. The Hall–Kier alpha value is -7.50. The lowest BCUT2D eigenvalue weighted by Crippen LogP contribution is -2.00. The highest BCUT2D eigenvalue weighted by atomic mass is 16.3. The van der Waals surface area contributed by atoms with Gasteiger partial charge in [0.15, 0.2) is 17.5 Å². The fourth-order valence-corrected chi connectivity index (χ4v) is 7.26. The van der Waals surface area contributed by atoms with Gasteiger partial charge in [-0.2, -0.15) is 0 Å². The Labute approximate surface area is 318 Å². The summed E-state index contributed by atoms with van der Waals surface area (Å²) in [6.07, 6.45) is 0. The van der Waals surface area contributed by atoms with Crippen LogP contribution in [0, 0.1) is 0 Å². The van der Waals surface area contributed by atoms with E-state index in [-0.39, 0.29) is 0 Å². The van der Waals surface area contributed by atoms with Gasteiger partial charge >= 0.3 is 0 Å². The van der Waals surface area contributed by atoms with E-state index in [0.29, 0.717) is 17.5 Å². The van der Waals surface area contributed by atoms with E-state index < -0.39 is 0 Å². The number of para-hydroxylation sites is 1. The molecule has 3 aromatic heterocycles. The molecule has 5 nitrogen and oxygen atoms in total. The maximum Gasteiger partial charge on any atom is 0.164 e. The van der Waals surface area contributed by atoms with Gasteiger partial charge in [-0.3, -0.25) is 0 Å². The number of furan rings is 1. The molecule has 55 heavy (non-hydrogen) atoms. The average molecular weight is 705 g/mol. The Balaban J connectivity index is 1.09. The lowest BCUT2D eigenvalue weighted by Gasteiger charge is -2.11. The van der Waals surface area contributed by atoms with Gasteiger partial charge in [0.25, 0.3) is 0 Å². The van der Waals surface area contributed by atoms with Crippen molar-refractivity contribution in [1.82, 2.24) is 19.9 Å². The molecular formula is C50H32N4O. The highest BCUT2D eigenvalue weighted by Gasteiger charge is 2.24. The smallest absolute Gasteiger partial charge is 0.164 e. The van der Waals surface area contributed by atoms with Crippen LogP contribution >= 0.6 is 0 Å². The zero-order valence-electron chi connectivity index (χ0n) is 29.7. The van der Waals surface area contributed by atoms with Gasteiger partial charge in [0.2, 0.25) is 0 Å². The van der Waals surface area contributed by atoms with E-state index in [0.717, 1.165) is 83.4 Å². The zero-order chi connectivity index (χ0) is 36.6. The molecule has 10 rings (SSSR count). The van der Waals surface area contributed by atoms with Crippen molar-refractivity contribution in [2.24, 2.45) is 0 Å². The highest BCUT2D eigenvalue weighted by Crippen LogP contribution is 2.46. The molecule has 0 unspecified atom stereocenters. The summed E-state index contributed by atoms with van der Waals surface area (Å²) in [5.74, 6) is 2.73. The predicted molar refractivity (Wildman–Crippen MR) is 223 cm³/mol. The van der Waals surface area contributed by atoms with Gasteiger partial charge in [-0.1, -0.05) is 176 Å². The normalized spacial score (nSPS) is 11.3. The number of hydrogen-bond acceptors (Lipinski definition) is 5. The van der Waals surface area contributed by atoms with Crippen molar-refractivity contribution in [1.29, 1.82) is 0 Å². The molecule has 0 amide bonds. The minimum Gasteiger partial charge on any atom is -0.455 e. The molecule has 0 N–H and O–H groups in total. The minimum atomic E-state index is 0.622. The second kappa shape index (κ2) is 13.8. The largest absolute Gasteiger partial charge is 0.455 e. The predicted octanol–water partition coefficient (Wildman–Crippen LogP) is 12.8. The van der Waals surface area contributed by atoms with Gasteiger partial charge in [0.05, 0.1) is 16.6 Å². The quantitative estimate of drug-likeness (QED) is 0.165. The van der Waals surface area contributed by atoms with Crippen molar-refractivity contribution in [2.75, 3.05) is 0 Å². The Morgan fingerprint density at radius 1 is 0.327 bits per heavy atom. The first-order chi connectivity index (χ1) is 27.3. The van der Waals surface area contributed by atoms with Crippen LogP contribution in [0.15, 0.2) is 199 Å². The number of rotatable bonds is 7. The molecule has 0 saturated heterocycles. The first-order valence-electron chi connectivity index (χ1n) is 18.3. The Morgan fingerprint density at radius 3 is 1.42 bits per heavy atom. The Bertz CT molecular complexity index is 2890. The van der Waals surface area contributed by atoms with Gasteiger partial charge in [0.1, 0.15) is 11.3 Å². The van der Waals surface area contributed by atoms with Gasteiger partial charge in [-0.05, 0) is 34.9 Å². The van der Waals surface area contributed by atoms with Crippen LogP contribution in [-0.4, -0.2) is 19.9 Å². The summed E-state index contributed by atoms with van der Waals surface area (Å²) >= 11 is 0. The molecule has 258 valence electrons. The summed E-state index contributed by atoms with van der Waals surface area (Å²) in [5.41, 5.74) is 11.7. The van der Waals surface area contributed by atoms with Crippen molar-refractivity contribution >= 4 is 21.9 Å². The van der Waals surface area contributed by atoms with Crippen molar-refractivity contribution < 1.29 is 4.42 Å². The standard InChI is InChI=1S/C50H32N4O/c1-5-16-34(17-6-1)43-44-45(51-42-27-14-13-26-41(42)47(44)55-46(43)36-18-7-2-8-19-36)35-30-28-33(29-31-35)39-24-15-25-40(32-39)50-53-48(37-20-9-3-10-21-37)52-49(54-50)38-22-11-4-12-23-38/h1-32H. The third kappa shape index (κ3) is 6.04. The molecule has 0 spiro atoms. The van der Waals surface area contributed by atoms with Gasteiger partial charge in [0, 0.05) is 38.8 Å². The van der Waals surface area contributed by atoms with Crippen molar-refractivity contribution in [3.05, 3.63) is 194 Å². The first kappa shape index (κ1) is 32.2. The maximum atomic E-state index is 6.88. The third-order valence-corrected chi connectivity index (χ3v) is 9.94. The fourth-order valence-electron chi connectivity index (χ4n) is 7.26. The van der Waals surface area contributed by atoms with Crippen LogP contribution in [-0.2, 0) is 0 Å². The zero-order valence-corrected chi connectivity index (χ0v) is 29.7. The lowest BCUT2D eigenvalue weighted by atomic mass is 9.94. The summed E-state index contributed by atoms with van der Waals surface area (Å²) in [4.78, 5) is 20.1. The first-order valence-corrected chi connectivity index (χ1v) is 18.3. The van der Waals surface area contributed by atoms with E-state index in [9.17, 15) is 0 Å². The minimum absolute atomic E-state index is 0.622. The molecule has 0 radical (unpaired) electrons. The Kier molecular flexibility index (Phi) is 8.08. The maximum absolute atomic E-state index is 6.88. The van der Waals surface area contributed by atoms with Crippen LogP contribution in [0.4, 0.5) is 0 Å². The second-order valence-electron chi connectivity index (χ2n) is 13.4. The number of nitrogens with zero attached hydrogens (tertiary/aromatic N) is 4. The average Bonchev–Trinajstić information content (AvgIpc) is 3.69. The highest BCUT2D eigenvalue weighted by molar-refractivity contribution is 6.16. The van der Waals surface area contributed by atoms with E-state index in [1.807, 2.05) is 97.1 Å². The molecule has 0 aliphatic carbocycles. The lowest BCUT2D eigenvalue weighted by molar-refractivity contribution is 0.636. The van der Waals surface area contributed by atoms with Crippen molar-refractivity contribution in [3.8, 4) is 79.0 Å². The van der Waals surface area contributed by atoms with Crippen LogP contribution in [0.3, 0.4) is 0 Å². The molecule has 0 fully saturated rings. The summed E-state index contributed by atoms with van der Waals surface area (Å²) in [5, 5.41) is 1.98. The summed E-state index contributed by atoms with van der Waals surface area (Å²) < 4.78 is 6.88. The van der Waals surface area contributed by atoms with Crippen LogP contribution in [0.5, 0.6) is 0 Å². The summed E-state index contributed by atoms with van der Waals surface area (Å²) in [6.45, 7) is 0. The Morgan fingerprint density at radius 2 is 0.800 bits per heavy atom. The van der Waals surface area contributed by atoms with Crippen LogP contribution < -0.4 is 0 Å². The van der Waals surface area contributed by atoms with Crippen molar-refractivity contribution in [3.63, 3.8) is 0 Å². The van der Waals surface area contributed by atoms with Gasteiger partial charge in [-0.15, -0.1) is 0 Å². The van der Waals surface area contributed by atoms with Gasteiger partial charge < -0.3 is 4.42 Å². The van der Waals surface area contributed by atoms with Crippen molar-refractivity contribution in [2.45, 2.75) is 0 Å². The van der Waals surface area contributed by atoms with E-state index >= 15 is 0 Å². The molecule has 7 aromatic carbocycles. The summed E-state index contributed by atoms with van der Waals surface area (Å²) in [7, 11) is 0. The van der Waals surface area contributed by atoms with E-state index in [1.165, 1.54) is 0 Å². The molecule has 0 aliphatic heterocycles. The molecule has 10 aromatic rings. The van der Waals surface area contributed by atoms with E-state index in [2.05, 4.69) is 97.1 Å². The van der Waals surface area contributed by atoms with Gasteiger partial charge in [-0.25, -0.2) is 19.9 Å². The number of fused-ring (bicyclic) bond motifs is 3. The van der Waals surface area contributed by atoms with Crippen LogP contribution in [0.25, 0.3) is 101 Å². The second-order valence-corrected chi connectivity index (χ2v) is 13.4. The van der Waals surface area contributed by atoms with Crippen LogP contribution in [0.1, 0.15) is 0 Å². The van der Waals surface area contributed by atoms with E-state index in [4.69, 9.17) is 24.4 Å². The molecule has 0 atom stereocenters. The SMILES string of the molecule is c1ccc(-c2nc(-c3ccccc3)nc(-c3cccc(-c4ccc(-c5nc6ccccc6c6oc(-c7ccccc7)c(-c7ccccc7)c56)cc4)c3)n2)cc1. The molecule has 0 aliphatic rings. The summed E-state index contributed by atoms with van der Waals surface area (Å²) in [6, 6.07) is 66.2. The van der Waals surface area contributed by atoms with E-state index in [1.54, 1.807) is 0 Å². The third-order valence-electron chi connectivity index (χ3n) is 9.94. The molecule has 3 heterocycles. The molecule has 0 bridgehead atoms. The monoisotopic (exact) mass is 704 g/mol. The number of aromatic nitrogens is 4. The van der Waals surface area contributed by atoms with Crippen LogP contribution in [0.2, 0.25) is 0 Å². The topological polar surface area (TPSA) is 64.7 Å². The molecule has 0 saturated carbocycles. The number of pyridine rings is 1.